The third-order valence-electron chi connectivity index (χ3n) is 2.51. The minimum absolute atomic E-state index is 0.612. The molecule has 0 rings (SSSR count). The molecule has 0 amide bonds. The molecule has 0 saturated heterocycles. The summed E-state index contributed by atoms with van der Waals surface area (Å²) < 4.78 is 5.08. The Morgan fingerprint density at radius 1 is 1.20 bits per heavy atom. The molecular formula is C12H28N2O. The lowest BCUT2D eigenvalue weighted by molar-refractivity contribution is 0.149. The summed E-state index contributed by atoms with van der Waals surface area (Å²) >= 11 is 0. The van der Waals surface area contributed by atoms with Gasteiger partial charge in [0.25, 0.3) is 0 Å². The maximum atomic E-state index is 5.08. The van der Waals surface area contributed by atoms with Crippen LogP contribution in [0.4, 0.5) is 0 Å². The zero-order valence-electron chi connectivity index (χ0n) is 10.9. The first-order valence-corrected chi connectivity index (χ1v) is 6.15. The highest BCUT2D eigenvalue weighted by atomic mass is 16.5. The van der Waals surface area contributed by atoms with Crippen LogP contribution in [0, 0.1) is 0 Å². The molecule has 0 saturated carbocycles. The lowest BCUT2D eigenvalue weighted by Crippen LogP contribution is -2.29. The molecule has 0 aliphatic rings. The molecular weight excluding hydrogens is 188 g/mol. The van der Waals surface area contributed by atoms with E-state index in [1.54, 1.807) is 7.11 Å². The van der Waals surface area contributed by atoms with Crippen LogP contribution < -0.4 is 5.32 Å². The summed E-state index contributed by atoms with van der Waals surface area (Å²) in [7, 11) is 1.76. The van der Waals surface area contributed by atoms with Crippen LogP contribution in [-0.4, -0.2) is 50.8 Å². The van der Waals surface area contributed by atoms with Gasteiger partial charge in [-0.3, -0.25) is 0 Å². The molecule has 0 aromatic heterocycles. The number of nitrogens with zero attached hydrogens (tertiary/aromatic N) is 1. The molecule has 0 aromatic carbocycles. The van der Waals surface area contributed by atoms with Gasteiger partial charge < -0.3 is 15.0 Å². The summed E-state index contributed by atoms with van der Waals surface area (Å²) in [5.74, 6) is 0. The topological polar surface area (TPSA) is 24.5 Å². The Balaban J connectivity index is 3.30. The fourth-order valence-corrected chi connectivity index (χ4v) is 1.50. The average Bonchev–Trinajstić information content (AvgIpc) is 2.21. The third-order valence-corrected chi connectivity index (χ3v) is 2.51. The van der Waals surface area contributed by atoms with Crippen molar-refractivity contribution in [2.24, 2.45) is 0 Å². The second kappa shape index (κ2) is 10.4. The van der Waals surface area contributed by atoms with Crippen molar-refractivity contribution in [2.75, 3.05) is 39.9 Å². The van der Waals surface area contributed by atoms with Gasteiger partial charge in [0, 0.05) is 19.7 Å². The van der Waals surface area contributed by atoms with Crippen LogP contribution in [0.1, 0.15) is 33.6 Å². The molecule has 0 aromatic rings. The Labute approximate surface area is 95.2 Å². The van der Waals surface area contributed by atoms with E-state index in [1.165, 1.54) is 19.4 Å². The fourth-order valence-electron chi connectivity index (χ4n) is 1.50. The molecule has 0 bridgehead atoms. The van der Waals surface area contributed by atoms with E-state index >= 15 is 0 Å². The van der Waals surface area contributed by atoms with Crippen molar-refractivity contribution in [3.05, 3.63) is 0 Å². The highest BCUT2D eigenvalue weighted by Crippen LogP contribution is 1.95. The van der Waals surface area contributed by atoms with Gasteiger partial charge in [-0.2, -0.15) is 0 Å². The largest absolute Gasteiger partial charge is 0.383 e. The summed E-state index contributed by atoms with van der Waals surface area (Å²) in [6.45, 7) is 12.0. The summed E-state index contributed by atoms with van der Waals surface area (Å²) in [5.41, 5.74) is 0. The molecule has 0 atom stereocenters. The molecule has 92 valence electrons. The highest BCUT2D eigenvalue weighted by molar-refractivity contribution is 4.57. The number of nitrogens with one attached hydrogen (secondary N) is 1. The maximum absolute atomic E-state index is 5.08. The van der Waals surface area contributed by atoms with E-state index < -0.39 is 0 Å². The SMILES string of the molecule is CCN(CCCCNC(C)C)CCOC. The van der Waals surface area contributed by atoms with E-state index in [0.717, 1.165) is 26.2 Å². The zero-order valence-corrected chi connectivity index (χ0v) is 10.9. The molecule has 0 spiro atoms. The number of unbranched alkanes of at least 4 members (excludes halogenated alkanes) is 1. The van der Waals surface area contributed by atoms with Gasteiger partial charge in [0.05, 0.1) is 6.61 Å². The Bertz CT molecular complexity index is 129. The van der Waals surface area contributed by atoms with E-state index in [9.17, 15) is 0 Å². The van der Waals surface area contributed by atoms with Crippen LogP contribution in [0.3, 0.4) is 0 Å². The van der Waals surface area contributed by atoms with Crippen molar-refractivity contribution in [3.63, 3.8) is 0 Å². The number of ether oxygens (including phenoxy) is 1. The van der Waals surface area contributed by atoms with Gasteiger partial charge >= 0.3 is 0 Å². The smallest absolute Gasteiger partial charge is 0.0589 e. The van der Waals surface area contributed by atoms with Crippen molar-refractivity contribution in [2.45, 2.75) is 39.7 Å². The molecule has 1 N–H and O–H groups in total. The number of methoxy groups -OCH3 is 1. The van der Waals surface area contributed by atoms with Crippen LogP contribution in [-0.2, 0) is 4.74 Å². The van der Waals surface area contributed by atoms with Crippen molar-refractivity contribution in [1.29, 1.82) is 0 Å². The monoisotopic (exact) mass is 216 g/mol. The van der Waals surface area contributed by atoms with E-state index in [-0.39, 0.29) is 0 Å². The maximum Gasteiger partial charge on any atom is 0.0589 e. The zero-order chi connectivity index (χ0) is 11.5. The highest BCUT2D eigenvalue weighted by Gasteiger charge is 2.01. The molecule has 3 heteroatoms. The van der Waals surface area contributed by atoms with E-state index in [0.29, 0.717) is 6.04 Å². The van der Waals surface area contributed by atoms with Crippen LogP contribution in [0.5, 0.6) is 0 Å². The summed E-state index contributed by atoms with van der Waals surface area (Å²) in [6, 6.07) is 0.612. The second-order valence-electron chi connectivity index (χ2n) is 4.24. The predicted octanol–water partition coefficient (Wildman–Crippen LogP) is 1.73. The first-order chi connectivity index (χ1) is 7.20. The first-order valence-electron chi connectivity index (χ1n) is 6.15. The second-order valence-corrected chi connectivity index (χ2v) is 4.24. The quantitative estimate of drug-likeness (QED) is 0.563. The fraction of sp³-hybridized carbons (Fsp3) is 1.00. The van der Waals surface area contributed by atoms with Crippen molar-refractivity contribution < 1.29 is 4.74 Å². The van der Waals surface area contributed by atoms with E-state index in [2.05, 4.69) is 31.0 Å². The first kappa shape index (κ1) is 14.9. The third kappa shape index (κ3) is 10.2. The molecule has 0 aliphatic carbocycles. The summed E-state index contributed by atoms with van der Waals surface area (Å²) in [5, 5.41) is 3.44. The van der Waals surface area contributed by atoms with Gasteiger partial charge in [-0.1, -0.05) is 20.8 Å². The molecule has 3 nitrogen and oxygen atoms in total. The van der Waals surface area contributed by atoms with Crippen LogP contribution in [0.2, 0.25) is 0 Å². The number of hydrogen-bond acceptors (Lipinski definition) is 3. The Morgan fingerprint density at radius 3 is 2.47 bits per heavy atom. The normalized spacial score (nSPS) is 11.6. The number of likely N-dealkylation sites (N-methyl/N-ethyl adjacent to an activating group) is 1. The lowest BCUT2D eigenvalue weighted by Gasteiger charge is -2.19. The standard InChI is InChI=1S/C12H28N2O/c1-5-14(10-11-15-4)9-7-6-8-13-12(2)3/h12-13H,5-11H2,1-4H3. The molecule has 15 heavy (non-hydrogen) atoms. The Hall–Kier alpha value is -0.120. The Morgan fingerprint density at radius 2 is 1.93 bits per heavy atom. The van der Waals surface area contributed by atoms with Crippen molar-refractivity contribution >= 4 is 0 Å². The molecule has 0 unspecified atom stereocenters. The van der Waals surface area contributed by atoms with Gasteiger partial charge in [0.1, 0.15) is 0 Å². The lowest BCUT2D eigenvalue weighted by atomic mass is 10.2. The Kier molecular flexibility index (Phi) is 10.3. The van der Waals surface area contributed by atoms with E-state index in [1.807, 2.05) is 0 Å². The molecule has 0 fully saturated rings. The number of rotatable bonds is 10. The molecule has 0 radical (unpaired) electrons. The van der Waals surface area contributed by atoms with Crippen molar-refractivity contribution in [1.82, 2.24) is 10.2 Å². The number of hydrogen-bond donors (Lipinski definition) is 1. The van der Waals surface area contributed by atoms with Crippen LogP contribution >= 0.6 is 0 Å². The van der Waals surface area contributed by atoms with Gasteiger partial charge in [0.15, 0.2) is 0 Å². The summed E-state index contributed by atoms with van der Waals surface area (Å²) in [4.78, 5) is 2.44. The predicted molar refractivity (Wildman–Crippen MR) is 66.4 cm³/mol. The minimum Gasteiger partial charge on any atom is -0.383 e. The van der Waals surface area contributed by atoms with Gasteiger partial charge in [0.2, 0.25) is 0 Å². The molecule has 0 aliphatic heterocycles. The van der Waals surface area contributed by atoms with Crippen LogP contribution in [0.25, 0.3) is 0 Å². The van der Waals surface area contributed by atoms with Gasteiger partial charge in [-0.25, -0.2) is 0 Å². The van der Waals surface area contributed by atoms with Gasteiger partial charge in [-0.05, 0) is 32.5 Å². The van der Waals surface area contributed by atoms with Crippen LogP contribution in [0.15, 0.2) is 0 Å². The van der Waals surface area contributed by atoms with E-state index in [4.69, 9.17) is 4.74 Å². The summed E-state index contributed by atoms with van der Waals surface area (Å²) in [6.07, 6.45) is 2.54. The van der Waals surface area contributed by atoms with Gasteiger partial charge in [-0.15, -0.1) is 0 Å². The minimum atomic E-state index is 0.612. The van der Waals surface area contributed by atoms with Crippen molar-refractivity contribution in [3.8, 4) is 0 Å². The molecule has 0 heterocycles. The average molecular weight is 216 g/mol.